The summed E-state index contributed by atoms with van der Waals surface area (Å²) in [6.45, 7) is 1.89. The molecule has 2 N–H and O–H groups in total. The van der Waals surface area contributed by atoms with Crippen molar-refractivity contribution in [2.75, 3.05) is 31.1 Å². The summed E-state index contributed by atoms with van der Waals surface area (Å²) in [7, 11) is 0. The maximum Gasteiger partial charge on any atom is 0.392 e. The maximum absolute atomic E-state index is 13.0. The van der Waals surface area contributed by atoms with Gasteiger partial charge in [-0.25, -0.2) is 0 Å². The molecule has 1 saturated heterocycles. The molecular weight excluding hydrogens is 287 g/mol. The van der Waals surface area contributed by atoms with Crippen LogP contribution in [0.1, 0.15) is 25.7 Å². The first-order valence-electron chi connectivity index (χ1n) is 7.18. The van der Waals surface area contributed by atoms with E-state index < -0.39 is 18.0 Å². The molecule has 0 bridgehead atoms. The molecule has 2 fully saturated rings. The van der Waals surface area contributed by atoms with Crippen LogP contribution in [0, 0.1) is 11.8 Å². The molecule has 7 heteroatoms. The molecule has 2 atom stereocenters. The molecule has 1 aliphatic heterocycles. The van der Waals surface area contributed by atoms with E-state index in [9.17, 15) is 13.2 Å². The van der Waals surface area contributed by atoms with Crippen LogP contribution >= 0.6 is 11.8 Å². The highest BCUT2D eigenvalue weighted by molar-refractivity contribution is 7.99. The second kappa shape index (κ2) is 6.91. The zero-order valence-corrected chi connectivity index (χ0v) is 12.3. The average molecular weight is 309 g/mol. The SMILES string of the molecule is NC(=NC[C@H]1CCCC[C@H]1C(F)(F)F)N1CCSCC1. The Kier molecular flexibility index (Phi) is 5.46. The van der Waals surface area contributed by atoms with Gasteiger partial charge in [0.15, 0.2) is 5.96 Å². The number of hydrogen-bond acceptors (Lipinski definition) is 2. The second-order valence-electron chi connectivity index (χ2n) is 5.49. The smallest absolute Gasteiger partial charge is 0.370 e. The van der Waals surface area contributed by atoms with Crippen LogP contribution in [0.2, 0.25) is 0 Å². The number of rotatable bonds is 2. The quantitative estimate of drug-likeness (QED) is 0.630. The van der Waals surface area contributed by atoms with E-state index in [1.54, 1.807) is 0 Å². The largest absolute Gasteiger partial charge is 0.392 e. The van der Waals surface area contributed by atoms with Crippen LogP contribution in [0.5, 0.6) is 0 Å². The average Bonchev–Trinajstić information content (AvgIpc) is 2.45. The number of halogens is 3. The lowest BCUT2D eigenvalue weighted by Gasteiger charge is -2.32. The fourth-order valence-corrected chi connectivity index (χ4v) is 3.86. The Hall–Kier alpha value is -0.590. The van der Waals surface area contributed by atoms with Gasteiger partial charge >= 0.3 is 6.18 Å². The minimum Gasteiger partial charge on any atom is -0.370 e. The number of thioether (sulfide) groups is 1. The van der Waals surface area contributed by atoms with Gasteiger partial charge in [-0.2, -0.15) is 24.9 Å². The summed E-state index contributed by atoms with van der Waals surface area (Å²) in [5, 5.41) is 0. The van der Waals surface area contributed by atoms with E-state index in [2.05, 4.69) is 4.99 Å². The Bertz CT molecular complexity index is 340. The van der Waals surface area contributed by atoms with Crippen LogP contribution in [0.25, 0.3) is 0 Å². The van der Waals surface area contributed by atoms with E-state index in [0.717, 1.165) is 31.0 Å². The Morgan fingerprint density at radius 2 is 1.85 bits per heavy atom. The van der Waals surface area contributed by atoms with Crippen LogP contribution in [0.15, 0.2) is 4.99 Å². The van der Waals surface area contributed by atoms with E-state index in [4.69, 9.17) is 5.73 Å². The molecule has 0 amide bonds. The summed E-state index contributed by atoms with van der Waals surface area (Å²) < 4.78 is 38.9. The first-order valence-corrected chi connectivity index (χ1v) is 8.33. The topological polar surface area (TPSA) is 41.6 Å². The minimum atomic E-state index is -4.10. The van der Waals surface area contributed by atoms with Crippen LogP contribution < -0.4 is 5.73 Å². The second-order valence-corrected chi connectivity index (χ2v) is 6.72. The third kappa shape index (κ3) is 4.20. The lowest BCUT2D eigenvalue weighted by Crippen LogP contribution is -2.43. The molecule has 0 spiro atoms. The molecule has 1 aliphatic carbocycles. The van der Waals surface area contributed by atoms with Gasteiger partial charge in [0.25, 0.3) is 0 Å². The van der Waals surface area contributed by atoms with Crippen LogP contribution in [-0.2, 0) is 0 Å². The van der Waals surface area contributed by atoms with Crippen LogP contribution in [0.3, 0.4) is 0 Å². The van der Waals surface area contributed by atoms with E-state index in [1.807, 2.05) is 16.7 Å². The molecule has 0 aromatic carbocycles. The van der Waals surface area contributed by atoms with Crippen LogP contribution in [-0.4, -0.2) is 48.2 Å². The predicted octanol–water partition coefficient (Wildman–Crippen LogP) is 2.72. The zero-order valence-electron chi connectivity index (χ0n) is 11.5. The molecule has 20 heavy (non-hydrogen) atoms. The highest BCUT2D eigenvalue weighted by atomic mass is 32.2. The van der Waals surface area contributed by atoms with E-state index in [1.165, 1.54) is 0 Å². The van der Waals surface area contributed by atoms with Gasteiger partial charge in [0.1, 0.15) is 0 Å². The van der Waals surface area contributed by atoms with Crippen molar-refractivity contribution < 1.29 is 13.2 Å². The Balaban J connectivity index is 1.93. The molecule has 1 saturated carbocycles. The van der Waals surface area contributed by atoms with Gasteiger partial charge in [-0.3, -0.25) is 4.99 Å². The van der Waals surface area contributed by atoms with Crippen molar-refractivity contribution in [3.05, 3.63) is 0 Å². The summed E-state index contributed by atoms with van der Waals surface area (Å²) in [4.78, 5) is 6.22. The summed E-state index contributed by atoms with van der Waals surface area (Å²) in [5.41, 5.74) is 5.91. The molecule has 0 unspecified atom stereocenters. The molecule has 1 heterocycles. The van der Waals surface area contributed by atoms with Gasteiger partial charge in [0, 0.05) is 31.1 Å². The van der Waals surface area contributed by atoms with Gasteiger partial charge in [-0.05, 0) is 18.8 Å². The van der Waals surface area contributed by atoms with E-state index in [0.29, 0.717) is 18.8 Å². The van der Waals surface area contributed by atoms with Crippen molar-refractivity contribution in [1.82, 2.24) is 4.90 Å². The fraction of sp³-hybridized carbons (Fsp3) is 0.923. The van der Waals surface area contributed by atoms with Crippen molar-refractivity contribution in [3.63, 3.8) is 0 Å². The Morgan fingerprint density at radius 3 is 2.50 bits per heavy atom. The summed E-state index contributed by atoms with van der Waals surface area (Å²) in [5.74, 6) is 0.818. The first-order chi connectivity index (χ1) is 9.48. The molecule has 3 nitrogen and oxygen atoms in total. The lowest BCUT2D eigenvalue weighted by molar-refractivity contribution is -0.195. The molecule has 0 aromatic rings. The van der Waals surface area contributed by atoms with E-state index >= 15 is 0 Å². The van der Waals surface area contributed by atoms with Crippen molar-refractivity contribution in [2.24, 2.45) is 22.6 Å². The fourth-order valence-electron chi connectivity index (χ4n) is 2.96. The van der Waals surface area contributed by atoms with Gasteiger partial charge in [-0.1, -0.05) is 12.8 Å². The van der Waals surface area contributed by atoms with Crippen LogP contribution in [0.4, 0.5) is 13.2 Å². The number of nitrogens with two attached hydrogens (primary N) is 1. The summed E-state index contributed by atoms with van der Waals surface area (Å²) in [6, 6.07) is 0. The third-order valence-electron chi connectivity index (χ3n) is 4.15. The maximum atomic E-state index is 13.0. The minimum absolute atomic E-state index is 0.208. The molecule has 2 aliphatic rings. The standard InChI is InChI=1S/C13H22F3N3S/c14-13(15,16)11-4-2-1-3-10(11)9-18-12(17)19-5-7-20-8-6-19/h10-11H,1-9H2,(H2,17,18)/t10-,11-/m1/s1. The first kappa shape index (κ1) is 15.8. The normalized spacial score (nSPS) is 29.6. The molecule has 0 aromatic heterocycles. The number of alkyl halides is 3. The predicted molar refractivity (Wildman–Crippen MR) is 76.9 cm³/mol. The van der Waals surface area contributed by atoms with Gasteiger partial charge < -0.3 is 10.6 Å². The van der Waals surface area contributed by atoms with Gasteiger partial charge in [-0.15, -0.1) is 0 Å². The zero-order chi connectivity index (χ0) is 14.6. The van der Waals surface area contributed by atoms with E-state index in [-0.39, 0.29) is 13.0 Å². The Labute approximate surface area is 122 Å². The van der Waals surface area contributed by atoms with Crippen molar-refractivity contribution in [1.29, 1.82) is 0 Å². The van der Waals surface area contributed by atoms with Gasteiger partial charge in [0.05, 0.1) is 5.92 Å². The van der Waals surface area contributed by atoms with Crippen molar-refractivity contribution >= 4 is 17.7 Å². The lowest BCUT2D eigenvalue weighted by atomic mass is 9.79. The molecule has 2 rings (SSSR count). The number of guanidine groups is 1. The highest BCUT2D eigenvalue weighted by Gasteiger charge is 2.45. The molecule has 0 radical (unpaired) electrons. The molecular formula is C13H22F3N3S. The number of hydrogen-bond donors (Lipinski definition) is 1. The van der Waals surface area contributed by atoms with Gasteiger partial charge in [0.2, 0.25) is 0 Å². The summed E-state index contributed by atoms with van der Waals surface area (Å²) in [6.07, 6.45) is -1.71. The highest BCUT2D eigenvalue weighted by Crippen LogP contribution is 2.41. The van der Waals surface area contributed by atoms with Crippen molar-refractivity contribution in [2.45, 2.75) is 31.9 Å². The third-order valence-corrected chi connectivity index (χ3v) is 5.09. The van der Waals surface area contributed by atoms with Crippen molar-refractivity contribution in [3.8, 4) is 0 Å². The number of aliphatic imine (C=N–C) groups is 1. The number of nitrogens with zero attached hydrogens (tertiary/aromatic N) is 2. The monoisotopic (exact) mass is 309 g/mol. The Morgan fingerprint density at radius 1 is 1.20 bits per heavy atom. The molecule has 116 valence electrons. The summed E-state index contributed by atoms with van der Waals surface area (Å²) >= 11 is 1.86.